The molecule has 0 unspecified atom stereocenters. The van der Waals surface area contributed by atoms with Gasteiger partial charge in [0, 0.05) is 37.1 Å². The summed E-state index contributed by atoms with van der Waals surface area (Å²) in [5, 5.41) is 11.6. The van der Waals surface area contributed by atoms with Crippen LogP contribution in [-0.2, 0) is 24.9 Å². The Balaban J connectivity index is 1.78. The van der Waals surface area contributed by atoms with E-state index in [-0.39, 0.29) is 5.91 Å². The zero-order valence-corrected chi connectivity index (χ0v) is 13.2. The molecule has 114 valence electrons. The average Bonchev–Trinajstić information content (AvgIpc) is 3.17. The number of nitrogens with one attached hydrogen (secondary N) is 1. The van der Waals surface area contributed by atoms with Crippen LogP contribution < -0.4 is 5.32 Å². The zero-order valence-electron chi connectivity index (χ0n) is 12.4. The summed E-state index contributed by atoms with van der Waals surface area (Å²) in [5.41, 5.74) is 2.25. The van der Waals surface area contributed by atoms with Crippen molar-refractivity contribution in [3.63, 3.8) is 0 Å². The predicted octanol–water partition coefficient (Wildman–Crippen LogP) is 0.894. The van der Waals surface area contributed by atoms with E-state index in [0.29, 0.717) is 17.4 Å². The van der Waals surface area contributed by atoms with Gasteiger partial charge in [-0.15, -0.1) is 0 Å². The van der Waals surface area contributed by atoms with Gasteiger partial charge in [-0.3, -0.25) is 19.1 Å². The topological polar surface area (TPSA) is 68.0 Å². The molecule has 2 aromatic heterocycles. The molecule has 3 heterocycles. The quantitative estimate of drug-likeness (QED) is 0.670. The smallest absolute Gasteiger partial charge is 0.276 e. The molecule has 1 N–H and O–H groups in total. The largest absolute Gasteiger partial charge is 0.328 e. The van der Waals surface area contributed by atoms with Crippen LogP contribution in [0.4, 0.5) is 0 Å². The zero-order chi connectivity index (χ0) is 15.7. The molecule has 0 aromatic carbocycles. The maximum absolute atomic E-state index is 12.5. The summed E-state index contributed by atoms with van der Waals surface area (Å²) >= 11 is 5.26. The molecule has 0 radical (unpaired) electrons. The molecule has 1 fully saturated rings. The molecule has 0 saturated carbocycles. The molecule has 3 rings (SSSR count). The van der Waals surface area contributed by atoms with Crippen molar-refractivity contribution in [3.8, 4) is 0 Å². The molecule has 0 spiro atoms. The first kappa shape index (κ1) is 14.5. The van der Waals surface area contributed by atoms with E-state index in [1.807, 2.05) is 31.0 Å². The van der Waals surface area contributed by atoms with Crippen LogP contribution in [0.5, 0.6) is 0 Å². The second-order valence-electron chi connectivity index (χ2n) is 5.03. The van der Waals surface area contributed by atoms with Gasteiger partial charge >= 0.3 is 0 Å². The first-order valence-electron chi connectivity index (χ1n) is 6.91. The Morgan fingerprint density at radius 3 is 2.77 bits per heavy atom. The maximum atomic E-state index is 12.5. The van der Waals surface area contributed by atoms with E-state index in [1.165, 1.54) is 4.90 Å². The van der Waals surface area contributed by atoms with E-state index in [1.54, 1.807) is 23.2 Å². The van der Waals surface area contributed by atoms with Gasteiger partial charge in [-0.2, -0.15) is 10.2 Å². The minimum atomic E-state index is -0.141. The van der Waals surface area contributed by atoms with Gasteiger partial charge in [-0.05, 0) is 25.2 Å². The maximum Gasteiger partial charge on any atom is 0.276 e. The van der Waals surface area contributed by atoms with Crippen LogP contribution in [0.25, 0.3) is 6.08 Å². The summed E-state index contributed by atoms with van der Waals surface area (Å²) in [6, 6.07) is 0. The van der Waals surface area contributed by atoms with E-state index in [2.05, 4.69) is 15.5 Å². The lowest BCUT2D eigenvalue weighted by Gasteiger charge is -2.12. The molecular formula is C14H16N6OS. The third-order valence-corrected chi connectivity index (χ3v) is 3.67. The normalized spacial score (nSPS) is 16.6. The predicted molar refractivity (Wildman–Crippen MR) is 85.4 cm³/mol. The molecule has 0 aliphatic carbocycles. The van der Waals surface area contributed by atoms with E-state index in [9.17, 15) is 4.79 Å². The molecule has 0 atom stereocenters. The van der Waals surface area contributed by atoms with Crippen LogP contribution in [0, 0.1) is 0 Å². The number of carbonyl (C=O) groups excluding carboxylic acids is 1. The minimum Gasteiger partial charge on any atom is -0.328 e. The number of hydrogen-bond donors (Lipinski definition) is 1. The Hall–Kier alpha value is -2.48. The number of rotatable bonds is 4. The first-order chi connectivity index (χ1) is 10.6. The highest BCUT2D eigenvalue weighted by molar-refractivity contribution is 7.80. The monoisotopic (exact) mass is 316 g/mol. The van der Waals surface area contributed by atoms with Gasteiger partial charge in [0.2, 0.25) is 0 Å². The van der Waals surface area contributed by atoms with E-state index >= 15 is 0 Å². The van der Waals surface area contributed by atoms with Crippen LogP contribution >= 0.6 is 12.2 Å². The lowest BCUT2D eigenvalue weighted by Crippen LogP contribution is -2.29. The SMILES string of the molecule is CCn1cc(CN2C(=O)/C(=C/c3cnn(C)c3)NC2=S)cn1. The standard InChI is InChI=1S/C14H16N6OS/c1-3-19-8-11(6-16-19)9-20-13(21)12(17-14(20)22)4-10-5-15-18(2)7-10/h4-8H,3,9H2,1-2H3,(H,17,22)/b12-4-. The molecule has 22 heavy (non-hydrogen) atoms. The number of nitrogens with zero attached hydrogens (tertiary/aromatic N) is 5. The van der Waals surface area contributed by atoms with Crippen LogP contribution in [0.15, 0.2) is 30.5 Å². The molecule has 1 saturated heterocycles. The molecule has 1 amide bonds. The number of amides is 1. The summed E-state index contributed by atoms with van der Waals surface area (Å²) in [5.74, 6) is -0.141. The summed E-state index contributed by atoms with van der Waals surface area (Å²) in [6.07, 6.45) is 8.94. The lowest BCUT2D eigenvalue weighted by atomic mass is 10.2. The first-order valence-corrected chi connectivity index (χ1v) is 7.32. The highest BCUT2D eigenvalue weighted by Crippen LogP contribution is 2.16. The van der Waals surface area contributed by atoms with Crippen LogP contribution in [0.2, 0.25) is 0 Å². The molecule has 2 aromatic rings. The van der Waals surface area contributed by atoms with Crippen molar-refractivity contribution in [1.82, 2.24) is 29.8 Å². The number of hydrogen-bond acceptors (Lipinski definition) is 4. The average molecular weight is 316 g/mol. The van der Waals surface area contributed by atoms with E-state index in [4.69, 9.17) is 12.2 Å². The lowest BCUT2D eigenvalue weighted by molar-refractivity contribution is -0.122. The third-order valence-electron chi connectivity index (χ3n) is 3.35. The molecule has 1 aliphatic heterocycles. The van der Waals surface area contributed by atoms with Crippen molar-refractivity contribution in [1.29, 1.82) is 0 Å². The van der Waals surface area contributed by atoms with Crippen LogP contribution in [0.1, 0.15) is 18.1 Å². The van der Waals surface area contributed by atoms with Crippen molar-refractivity contribution in [2.45, 2.75) is 20.0 Å². The highest BCUT2D eigenvalue weighted by Gasteiger charge is 2.30. The Morgan fingerprint density at radius 2 is 2.14 bits per heavy atom. The second kappa shape index (κ2) is 5.72. The highest BCUT2D eigenvalue weighted by atomic mass is 32.1. The fraction of sp³-hybridized carbons (Fsp3) is 0.286. The van der Waals surface area contributed by atoms with Crippen molar-refractivity contribution in [2.75, 3.05) is 0 Å². The van der Waals surface area contributed by atoms with Gasteiger partial charge < -0.3 is 5.32 Å². The number of aromatic nitrogens is 4. The van der Waals surface area contributed by atoms with Crippen molar-refractivity contribution < 1.29 is 4.79 Å². The fourth-order valence-electron chi connectivity index (χ4n) is 2.24. The van der Waals surface area contributed by atoms with Gasteiger partial charge in [0.25, 0.3) is 5.91 Å². The Bertz CT molecular complexity index is 759. The van der Waals surface area contributed by atoms with E-state index in [0.717, 1.165) is 17.7 Å². The Labute approximate surface area is 133 Å². The third kappa shape index (κ3) is 2.77. The number of carbonyl (C=O) groups is 1. The number of thiocarbonyl (C=S) groups is 1. The van der Waals surface area contributed by atoms with Gasteiger partial charge in [0.15, 0.2) is 5.11 Å². The molecule has 1 aliphatic rings. The van der Waals surface area contributed by atoms with Gasteiger partial charge in [0.1, 0.15) is 5.70 Å². The van der Waals surface area contributed by atoms with Crippen LogP contribution in [-0.4, -0.2) is 35.5 Å². The van der Waals surface area contributed by atoms with Crippen molar-refractivity contribution >= 4 is 29.3 Å². The van der Waals surface area contributed by atoms with Gasteiger partial charge in [0.05, 0.1) is 18.9 Å². The summed E-state index contributed by atoms with van der Waals surface area (Å²) in [4.78, 5) is 14.0. The molecule has 0 bridgehead atoms. The number of aryl methyl sites for hydroxylation is 2. The van der Waals surface area contributed by atoms with Gasteiger partial charge in [-0.1, -0.05) is 0 Å². The van der Waals surface area contributed by atoms with Crippen LogP contribution in [0.3, 0.4) is 0 Å². The molecular weight excluding hydrogens is 300 g/mol. The fourth-order valence-corrected chi connectivity index (χ4v) is 2.50. The second-order valence-corrected chi connectivity index (χ2v) is 5.42. The molecule has 8 heteroatoms. The summed E-state index contributed by atoms with van der Waals surface area (Å²) in [7, 11) is 1.83. The summed E-state index contributed by atoms with van der Waals surface area (Å²) in [6.45, 7) is 3.22. The van der Waals surface area contributed by atoms with Crippen molar-refractivity contribution in [2.24, 2.45) is 7.05 Å². The minimum absolute atomic E-state index is 0.141. The van der Waals surface area contributed by atoms with Gasteiger partial charge in [-0.25, -0.2) is 0 Å². The molecule has 7 nitrogen and oxygen atoms in total. The van der Waals surface area contributed by atoms with Crippen molar-refractivity contribution in [3.05, 3.63) is 41.6 Å². The summed E-state index contributed by atoms with van der Waals surface area (Å²) < 4.78 is 3.50. The Morgan fingerprint density at radius 1 is 1.32 bits per heavy atom. The Kier molecular flexibility index (Phi) is 3.76. The van der Waals surface area contributed by atoms with E-state index < -0.39 is 0 Å².